The van der Waals surface area contributed by atoms with Gasteiger partial charge >= 0.3 is 0 Å². The number of pyridine rings is 1. The van der Waals surface area contributed by atoms with Gasteiger partial charge in [-0.2, -0.15) is 0 Å². The van der Waals surface area contributed by atoms with E-state index >= 15 is 0 Å². The molecular weight excluding hydrogens is 232 g/mol. The van der Waals surface area contributed by atoms with Crippen LogP contribution in [-0.2, 0) is 4.74 Å². The van der Waals surface area contributed by atoms with Crippen LogP contribution in [-0.4, -0.2) is 49.1 Å². The first-order chi connectivity index (χ1) is 8.86. The third kappa shape index (κ3) is 2.91. The minimum Gasteiger partial charge on any atom is -0.490 e. The fourth-order valence-corrected chi connectivity index (χ4v) is 2.01. The molecule has 0 bridgehead atoms. The van der Waals surface area contributed by atoms with E-state index in [-0.39, 0.29) is 12.6 Å². The fraction of sp³-hybridized carbons (Fsp3) is 0.615. The summed E-state index contributed by atoms with van der Waals surface area (Å²) in [5.41, 5.74) is 0. The van der Waals surface area contributed by atoms with Crippen LogP contribution in [0.2, 0.25) is 0 Å². The Hall–Kier alpha value is -1.33. The van der Waals surface area contributed by atoms with Gasteiger partial charge in [-0.25, -0.2) is 4.98 Å². The van der Waals surface area contributed by atoms with Gasteiger partial charge in [-0.1, -0.05) is 6.92 Å². The van der Waals surface area contributed by atoms with Crippen molar-refractivity contribution in [1.82, 2.24) is 4.98 Å². The van der Waals surface area contributed by atoms with Crippen molar-refractivity contribution < 1.29 is 14.6 Å². The number of aliphatic hydroxyl groups is 1. The molecule has 0 aromatic carbocycles. The molecule has 0 spiro atoms. The second-order valence-corrected chi connectivity index (χ2v) is 4.28. The molecule has 1 N–H and O–H groups in total. The molecule has 1 atom stereocenters. The number of anilines is 1. The standard InChI is InChI=1S/C13H20N2O3/c1-2-7-18-12-4-3-5-14-13(12)15-6-8-17-10-11(15)9-16/h3-5,11,16H,2,6-10H2,1H3. The maximum atomic E-state index is 9.40. The summed E-state index contributed by atoms with van der Waals surface area (Å²) in [5, 5.41) is 9.40. The van der Waals surface area contributed by atoms with Gasteiger partial charge in [0.05, 0.1) is 32.5 Å². The molecule has 1 aliphatic heterocycles. The number of ether oxygens (including phenoxy) is 2. The Morgan fingerprint density at radius 2 is 2.50 bits per heavy atom. The van der Waals surface area contributed by atoms with Gasteiger partial charge in [0.25, 0.3) is 0 Å². The number of aliphatic hydroxyl groups excluding tert-OH is 1. The number of rotatable bonds is 5. The van der Waals surface area contributed by atoms with Crippen molar-refractivity contribution in [3.63, 3.8) is 0 Å². The number of morpholine rings is 1. The molecule has 1 saturated heterocycles. The van der Waals surface area contributed by atoms with Crippen molar-refractivity contribution in [2.45, 2.75) is 19.4 Å². The number of hydrogen-bond acceptors (Lipinski definition) is 5. The van der Waals surface area contributed by atoms with Crippen molar-refractivity contribution in [2.24, 2.45) is 0 Å². The topological polar surface area (TPSA) is 54.8 Å². The van der Waals surface area contributed by atoms with Gasteiger partial charge < -0.3 is 19.5 Å². The second kappa shape index (κ2) is 6.56. The van der Waals surface area contributed by atoms with Gasteiger partial charge in [0, 0.05) is 12.7 Å². The summed E-state index contributed by atoms with van der Waals surface area (Å²) >= 11 is 0. The lowest BCUT2D eigenvalue weighted by molar-refractivity contribution is 0.0719. The van der Waals surface area contributed by atoms with Gasteiger partial charge in [0.15, 0.2) is 11.6 Å². The smallest absolute Gasteiger partial charge is 0.171 e. The molecule has 1 aromatic rings. The van der Waals surface area contributed by atoms with Crippen molar-refractivity contribution in [2.75, 3.05) is 37.9 Å². The Morgan fingerprint density at radius 1 is 1.61 bits per heavy atom. The molecule has 0 aliphatic carbocycles. The monoisotopic (exact) mass is 252 g/mol. The fourth-order valence-electron chi connectivity index (χ4n) is 2.01. The van der Waals surface area contributed by atoms with E-state index in [1.807, 2.05) is 12.1 Å². The molecule has 1 unspecified atom stereocenters. The summed E-state index contributed by atoms with van der Waals surface area (Å²) in [5.74, 6) is 1.58. The third-order valence-corrected chi connectivity index (χ3v) is 2.92. The van der Waals surface area contributed by atoms with Gasteiger partial charge in [0.1, 0.15) is 0 Å². The first kappa shape index (κ1) is 13.1. The van der Waals surface area contributed by atoms with Gasteiger partial charge in [-0.15, -0.1) is 0 Å². The van der Waals surface area contributed by atoms with E-state index in [0.29, 0.717) is 19.8 Å². The first-order valence-corrected chi connectivity index (χ1v) is 6.40. The van der Waals surface area contributed by atoms with Crippen molar-refractivity contribution in [1.29, 1.82) is 0 Å². The van der Waals surface area contributed by atoms with E-state index in [2.05, 4.69) is 16.8 Å². The minimum absolute atomic E-state index is 0.0439. The Kier molecular flexibility index (Phi) is 4.78. The molecule has 0 radical (unpaired) electrons. The van der Waals surface area contributed by atoms with Crippen molar-refractivity contribution in [3.8, 4) is 5.75 Å². The first-order valence-electron chi connectivity index (χ1n) is 6.40. The highest BCUT2D eigenvalue weighted by atomic mass is 16.5. The summed E-state index contributed by atoms with van der Waals surface area (Å²) in [6, 6.07) is 3.74. The highest BCUT2D eigenvalue weighted by Crippen LogP contribution is 2.28. The predicted molar refractivity (Wildman–Crippen MR) is 69.1 cm³/mol. The zero-order valence-electron chi connectivity index (χ0n) is 10.7. The molecule has 18 heavy (non-hydrogen) atoms. The van der Waals surface area contributed by atoms with Crippen LogP contribution in [0.4, 0.5) is 5.82 Å². The SMILES string of the molecule is CCCOc1cccnc1N1CCOCC1CO. The average Bonchev–Trinajstić information content (AvgIpc) is 2.45. The maximum absolute atomic E-state index is 9.40. The average molecular weight is 252 g/mol. The van der Waals surface area contributed by atoms with Crippen LogP contribution in [0.1, 0.15) is 13.3 Å². The maximum Gasteiger partial charge on any atom is 0.171 e. The molecule has 100 valence electrons. The lowest BCUT2D eigenvalue weighted by Crippen LogP contribution is -2.48. The van der Waals surface area contributed by atoms with E-state index in [4.69, 9.17) is 9.47 Å². The van der Waals surface area contributed by atoms with Crippen LogP contribution >= 0.6 is 0 Å². The molecule has 5 heteroatoms. The highest BCUT2D eigenvalue weighted by Gasteiger charge is 2.25. The van der Waals surface area contributed by atoms with Crippen molar-refractivity contribution >= 4 is 5.82 Å². The molecule has 5 nitrogen and oxygen atoms in total. The molecule has 1 aliphatic rings. The van der Waals surface area contributed by atoms with Crippen LogP contribution < -0.4 is 9.64 Å². The summed E-state index contributed by atoms with van der Waals surface area (Å²) in [7, 11) is 0. The summed E-state index contributed by atoms with van der Waals surface area (Å²) in [6.45, 7) is 4.71. The normalized spacial score (nSPS) is 19.9. The van der Waals surface area contributed by atoms with Crippen LogP contribution in [0.3, 0.4) is 0 Å². The second-order valence-electron chi connectivity index (χ2n) is 4.28. The molecule has 1 fully saturated rings. The van der Waals surface area contributed by atoms with Crippen LogP contribution in [0.15, 0.2) is 18.3 Å². The summed E-state index contributed by atoms with van der Waals surface area (Å²) < 4.78 is 11.1. The van der Waals surface area contributed by atoms with E-state index in [9.17, 15) is 5.11 Å². The van der Waals surface area contributed by atoms with Gasteiger partial charge in [0.2, 0.25) is 0 Å². The Bertz CT molecular complexity index is 373. The lowest BCUT2D eigenvalue weighted by Gasteiger charge is -2.36. The highest BCUT2D eigenvalue weighted by molar-refractivity contribution is 5.53. The minimum atomic E-state index is -0.0439. The Morgan fingerprint density at radius 3 is 3.28 bits per heavy atom. The number of hydrogen-bond donors (Lipinski definition) is 1. The molecule has 2 rings (SSSR count). The summed E-state index contributed by atoms with van der Waals surface area (Å²) in [4.78, 5) is 6.45. The van der Waals surface area contributed by atoms with E-state index < -0.39 is 0 Å². The van der Waals surface area contributed by atoms with Crippen LogP contribution in [0.25, 0.3) is 0 Å². The van der Waals surface area contributed by atoms with Gasteiger partial charge in [-0.3, -0.25) is 0 Å². The third-order valence-electron chi connectivity index (χ3n) is 2.92. The Balaban J connectivity index is 2.19. The molecular formula is C13H20N2O3. The zero-order valence-corrected chi connectivity index (χ0v) is 10.7. The Labute approximate surface area is 107 Å². The lowest BCUT2D eigenvalue weighted by atomic mass is 10.2. The van der Waals surface area contributed by atoms with Crippen LogP contribution in [0, 0.1) is 0 Å². The zero-order chi connectivity index (χ0) is 12.8. The number of nitrogens with zero attached hydrogens (tertiary/aromatic N) is 2. The molecule has 1 aromatic heterocycles. The van der Waals surface area contributed by atoms with E-state index in [1.54, 1.807) is 6.20 Å². The van der Waals surface area contributed by atoms with E-state index in [0.717, 1.165) is 24.5 Å². The predicted octanol–water partition coefficient (Wildman–Crippen LogP) is 1.07. The molecule has 0 saturated carbocycles. The number of aromatic nitrogens is 1. The quantitative estimate of drug-likeness (QED) is 0.849. The van der Waals surface area contributed by atoms with Crippen LogP contribution in [0.5, 0.6) is 5.75 Å². The molecule has 2 heterocycles. The van der Waals surface area contributed by atoms with Gasteiger partial charge in [-0.05, 0) is 18.6 Å². The molecule has 0 amide bonds. The summed E-state index contributed by atoms with van der Waals surface area (Å²) in [6.07, 6.45) is 2.71. The van der Waals surface area contributed by atoms with Crippen molar-refractivity contribution in [3.05, 3.63) is 18.3 Å². The van der Waals surface area contributed by atoms with E-state index in [1.165, 1.54) is 0 Å². The largest absolute Gasteiger partial charge is 0.490 e.